The Balaban J connectivity index is 1.43. The van der Waals surface area contributed by atoms with Crippen LogP contribution in [0.5, 0.6) is 5.75 Å². The zero-order valence-electron chi connectivity index (χ0n) is 16.5. The average Bonchev–Trinajstić information content (AvgIpc) is 3.19. The number of esters is 1. The molecule has 8 heteroatoms. The summed E-state index contributed by atoms with van der Waals surface area (Å²) in [6.45, 7) is 1.88. The maximum Gasteiger partial charge on any atom is 0.331 e. The zero-order chi connectivity index (χ0) is 21.1. The van der Waals surface area contributed by atoms with Gasteiger partial charge in [0.05, 0.1) is 12.8 Å². The van der Waals surface area contributed by atoms with Crippen molar-refractivity contribution in [3.05, 3.63) is 75.2 Å². The fourth-order valence-corrected chi connectivity index (χ4v) is 3.80. The van der Waals surface area contributed by atoms with E-state index in [1.165, 1.54) is 28.0 Å². The molecule has 0 aliphatic rings. The zero-order valence-corrected chi connectivity index (χ0v) is 17.3. The molecule has 4 aromatic rings. The summed E-state index contributed by atoms with van der Waals surface area (Å²) < 4.78 is 11.7. The first kappa shape index (κ1) is 19.8. The average molecular weight is 421 g/mol. The molecule has 2 aromatic heterocycles. The second-order valence-corrected chi connectivity index (χ2v) is 7.58. The Labute approximate surface area is 176 Å². The molecule has 0 saturated carbocycles. The van der Waals surface area contributed by atoms with Crippen LogP contribution in [0.1, 0.15) is 23.2 Å². The monoisotopic (exact) mass is 421 g/mol. The Morgan fingerprint density at radius 3 is 2.77 bits per heavy atom. The second kappa shape index (κ2) is 8.46. The topological polar surface area (TPSA) is 82.8 Å². The molecule has 0 bridgehead atoms. The number of methoxy groups -OCH3 is 1. The Bertz CT molecular complexity index is 1320. The van der Waals surface area contributed by atoms with Crippen molar-refractivity contribution in [3.8, 4) is 5.75 Å². The van der Waals surface area contributed by atoms with Crippen molar-refractivity contribution in [1.82, 2.24) is 14.6 Å². The van der Waals surface area contributed by atoms with Crippen LogP contribution in [0.2, 0.25) is 0 Å². The third-order valence-corrected chi connectivity index (χ3v) is 5.54. The molecule has 0 unspecified atom stereocenters. The molecular formula is C22H19N3O4S. The number of benzene rings is 2. The van der Waals surface area contributed by atoms with E-state index in [2.05, 4.69) is 10.1 Å². The number of carbonyl (C=O) groups is 1. The van der Waals surface area contributed by atoms with Crippen LogP contribution in [-0.2, 0) is 22.6 Å². The minimum absolute atomic E-state index is 0.0776. The van der Waals surface area contributed by atoms with Gasteiger partial charge in [0, 0.05) is 12.1 Å². The van der Waals surface area contributed by atoms with Crippen LogP contribution in [0.25, 0.3) is 21.8 Å². The first-order valence-electron chi connectivity index (χ1n) is 9.37. The highest BCUT2D eigenvalue weighted by molar-refractivity contribution is 7.16. The van der Waals surface area contributed by atoms with E-state index in [0.717, 1.165) is 33.5 Å². The molecule has 0 fully saturated rings. The van der Waals surface area contributed by atoms with Gasteiger partial charge in [-0.25, -0.2) is 9.78 Å². The number of carbonyl (C=O) groups excluding carboxylic acids is 1. The molecule has 0 aliphatic heterocycles. The number of aryl methyl sites for hydroxylation is 1. The number of aromatic nitrogens is 3. The predicted molar refractivity (Wildman–Crippen MR) is 116 cm³/mol. The Kier molecular flexibility index (Phi) is 5.58. The molecule has 0 atom stereocenters. The molecule has 30 heavy (non-hydrogen) atoms. The number of nitrogens with zero attached hydrogens (tertiary/aromatic N) is 3. The molecule has 2 heterocycles. The molecule has 0 N–H and O–H groups in total. The molecule has 0 aliphatic carbocycles. The van der Waals surface area contributed by atoms with Crippen molar-refractivity contribution in [2.24, 2.45) is 0 Å². The third-order valence-electron chi connectivity index (χ3n) is 4.49. The van der Waals surface area contributed by atoms with E-state index in [0.29, 0.717) is 10.7 Å². The van der Waals surface area contributed by atoms with Gasteiger partial charge in [-0.3, -0.25) is 4.79 Å². The van der Waals surface area contributed by atoms with Gasteiger partial charge in [-0.1, -0.05) is 36.5 Å². The lowest BCUT2D eigenvalue weighted by atomic mass is 10.1. The summed E-state index contributed by atoms with van der Waals surface area (Å²) in [5.41, 5.74) is 0.984. The predicted octanol–water partition coefficient (Wildman–Crippen LogP) is 3.63. The summed E-state index contributed by atoms with van der Waals surface area (Å²) in [5, 5.41) is 7.11. The highest BCUT2D eigenvalue weighted by atomic mass is 32.1. The SMILES string of the molecule is CCc1nn2c(=O)cc(COC(=O)/C=C/c3ccc4cc(OC)ccc4c3)nc2s1. The van der Waals surface area contributed by atoms with Crippen molar-refractivity contribution >= 4 is 39.1 Å². The van der Waals surface area contributed by atoms with Gasteiger partial charge in [0.15, 0.2) is 0 Å². The van der Waals surface area contributed by atoms with Gasteiger partial charge in [-0.15, -0.1) is 0 Å². The lowest BCUT2D eigenvalue weighted by molar-refractivity contribution is -0.139. The highest BCUT2D eigenvalue weighted by Gasteiger charge is 2.09. The fourth-order valence-electron chi connectivity index (χ4n) is 2.94. The molecule has 0 amide bonds. The van der Waals surface area contributed by atoms with Gasteiger partial charge in [-0.2, -0.15) is 9.61 Å². The Morgan fingerprint density at radius 2 is 1.97 bits per heavy atom. The minimum atomic E-state index is -0.509. The summed E-state index contributed by atoms with van der Waals surface area (Å²) >= 11 is 1.35. The standard InChI is InChI=1S/C22H19N3O4S/c1-3-19-24-25-20(26)12-17(23-22(25)30-19)13-29-21(27)9-5-14-4-6-16-11-18(28-2)8-7-15(16)10-14/h4-12H,3,13H2,1-2H3/b9-5+. The maximum absolute atomic E-state index is 12.1. The lowest BCUT2D eigenvalue weighted by Gasteiger charge is -2.04. The summed E-state index contributed by atoms with van der Waals surface area (Å²) in [5.74, 6) is 0.287. The van der Waals surface area contributed by atoms with Crippen LogP contribution in [0.15, 0.2) is 53.3 Å². The molecule has 0 spiro atoms. The van der Waals surface area contributed by atoms with Gasteiger partial charge < -0.3 is 9.47 Å². The molecule has 0 radical (unpaired) electrons. The molecular weight excluding hydrogens is 402 g/mol. The lowest BCUT2D eigenvalue weighted by Crippen LogP contribution is -2.16. The number of fused-ring (bicyclic) bond motifs is 2. The van der Waals surface area contributed by atoms with Crippen molar-refractivity contribution in [2.75, 3.05) is 7.11 Å². The summed E-state index contributed by atoms with van der Waals surface area (Å²) in [6.07, 6.45) is 3.77. The van der Waals surface area contributed by atoms with Crippen LogP contribution in [0, 0.1) is 0 Å². The molecule has 0 saturated heterocycles. The van der Waals surface area contributed by atoms with E-state index in [4.69, 9.17) is 9.47 Å². The van der Waals surface area contributed by atoms with Gasteiger partial charge >= 0.3 is 5.97 Å². The van der Waals surface area contributed by atoms with Crippen LogP contribution in [-0.4, -0.2) is 27.7 Å². The van der Waals surface area contributed by atoms with E-state index in [9.17, 15) is 9.59 Å². The van der Waals surface area contributed by atoms with E-state index in [1.807, 2.05) is 43.3 Å². The normalized spacial score (nSPS) is 11.4. The molecule has 152 valence electrons. The molecule has 2 aromatic carbocycles. The summed E-state index contributed by atoms with van der Waals surface area (Å²) in [6, 6.07) is 13.0. The fraction of sp³-hybridized carbons (Fsp3) is 0.182. The van der Waals surface area contributed by atoms with Crippen molar-refractivity contribution in [2.45, 2.75) is 20.0 Å². The largest absolute Gasteiger partial charge is 0.497 e. The van der Waals surface area contributed by atoms with E-state index < -0.39 is 5.97 Å². The first-order chi connectivity index (χ1) is 14.6. The van der Waals surface area contributed by atoms with Crippen LogP contribution in [0.4, 0.5) is 0 Å². The Hall–Kier alpha value is -3.52. The number of hydrogen-bond donors (Lipinski definition) is 0. The first-order valence-corrected chi connectivity index (χ1v) is 10.2. The number of ether oxygens (including phenoxy) is 2. The second-order valence-electron chi connectivity index (χ2n) is 6.54. The van der Waals surface area contributed by atoms with Crippen molar-refractivity contribution in [3.63, 3.8) is 0 Å². The molecule has 7 nitrogen and oxygen atoms in total. The van der Waals surface area contributed by atoms with Gasteiger partial charge in [0.1, 0.15) is 17.4 Å². The van der Waals surface area contributed by atoms with Crippen LogP contribution >= 0.6 is 11.3 Å². The minimum Gasteiger partial charge on any atom is -0.497 e. The maximum atomic E-state index is 12.1. The summed E-state index contributed by atoms with van der Waals surface area (Å²) in [4.78, 5) is 29.1. The quantitative estimate of drug-likeness (QED) is 0.349. The van der Waals surface area contributed by atoms with Gasteiger partial charge in [0.2, 0.25) is 4.96 Å². The highest BCUT2D eigenvalue weighted by Crippen LogP contribution is 2.22. The van der Waals surface area contributed by atoms with E-state index >= 15 is 0 Å². The van der Waals surface area contributed by atoms with E-state index in [1.54, 1.807) is 13.2 Å². The third kappa shape index (κ3) is 4.23. The van der Waals surface area contributed by atoms with Gasteiger partial charge in [0.25, 0.3) is 5.56 Å². The number of hydrogen-bond acceptors (Lipinski definition) is 7. The van der Waals surface area contributed by atoms with Crippen LogP contribution < -0.4 is 10.3 Å². The Morgan fingerprint density at radius 1 is 1.17 bits per heavy atom. The molecule has 4 rings (SSSR count). The van der Waals surface area contributed by atoms with Gasteiger partial charge in [-0.05, 0) is 47.0 Å². The van der Waals surface area contributed by atoms with Crippen molar-refractivity contribution < 1.29 is 14.3 Å². The van der Waals surface area contributed by atoms with Crippen molar-refractivity contribution in [1.29, 1.82) is 0 Å². The van der Waals surface area contributed by atoms with E-state index in [-0.39, 0.29) is 12.2 Å². The van der Waals surface area contributed by atoms with Crippen LogP contribution in [0.3, 0.4) is 0 Å². The summed E-state index contributed by atoms with van der Waals surface area (Å²) in [7, 11) is 1.63. The smallest absolute Gasteiger partial charge is 0.331 e. The number of rotatable bonds is 6.